The van der Waals surface area contributed by atoms with E-state index in [4.69, 9.17) is 0 Å². The Morgan fingerprint density at radius 1 is 0.708 bits per heavy atom. The Hall–Kier alpha value is -3.06. The number of fused-ring (bicyclic) bond motifs is 1. The fraction of sp³-hybridized carbons (Fsp3) is 0.0435. The number of allylic oxidation sites excluding steroid dienone is 1. The molecule has 0 aliphatic heterocycles. The van der Waals surface area contributed by atoms with Crippen LogP contribution < -0.4 is 0 Å². The molecule has 116 valence electrons. The van der Waals surface area contributed by atoms with Gasteiger partial charge >= 0.3 is 0 Å². The van der Waals surface area contributed by atoms with E-state index < -0.39 is 0 Å². The van der Waals surface area contributed by atoms with Gasteiger partial charge in [-0.2, -0.15) is 0 Å². The first-order valence-corrected chi connectivity index (χ1v) is 8.26. The predicted octanol–water partition coefficient (Wildman–Crippen LogP) is 6.01. The lowest BCUT2D eigenvalue weighted by atomic mass is 9.90. The Morgan fingerprint density at radius 2 is 1.38 bits per heavy atom. The third-order valence-electron chi connectivity index (χ3n) is 4.40. The molecule has 0 saturated heterocycles. The molecule has 0 spiro atoms. The van der Waals surface area contributed by atoms with Crippen LogP contribution >= 0.6 is 0 Å². The maximum Gasteiger partial charge on any atom is 0.0457 e. The Labute approximate surface area is 142 Å². The second-order valence-electron chi connectivity index (χ2n) is 5.95. The Bertz CT molecular complexity index is 949. The second-order valence-corrected chi connectivity index (χ2v) is 5.95. The van der Waals surface area contributed by atoms with Crippen LogP contribution in [0.3, 0.4) is 0 Å². The highest BCUT2D eigenvalue weighted by atomic mass is 14.7. The zero-order chi connectivity index (χ0) is 16.2. The number of para-hydroxylation sites is 1. The molecule has 24 heavy (non-hydrogen) atoms. The number of nitrogens with one attached hydrogen (secondary N) is 1. The van der Waals surface area contributed by atoms with Crippen molar-refractivity contribution in [2.75, 3.05) is 0 Å². The van der Waals surface area contributed by atoms with Crippen LogP contribution in [0.15, 0.2) is 97.2 Å². The molecule has 1 N–H and O–H groups in total. The molecule has 0 fully saturated rings. The SMILES string of the molecule is C(=C\C(c1ccccc1)c1c[nH]c2ccccc12)/c1ccccc1. The molecule has 0 aliphatic rings. The number of aromatic nitrogens is 1. The third kappa shape index (κ3) is 2.89. The van der Waals surface area contributed by atoms with Gasteiger partial charge in [0.05, 0.1) is 0 Å². The molecule has 4 aromatic rings. The maximum atomic E-state index is 3.40. The maximum absolute atomic E-state index is 3.40. The van der Waals surface area contributed by atoms with Crippen LogP contribution in [0.2, 0.25) is 0 Å². The lowest BCUT2D eigenvalue weighted by Crippen LogP contribution is -1.96. The monoisotopic (exact) mass is 309 g/mol. The summed E-state index contributed by atoms with van der Waals surface area (Å²) in [6.07, 6.45) is 6.64. The van der Waals surface area contributed by atoms with Gasteiger partial charge in [-0.1, -0.05) is 91.0 Å². The minimum atomic E-state index is 0.225. The molecule has 0 aliphatic carbocycles. The van der Waals surface area contributed by atoms with E-state index in [1.54, 1.807) is 0 Å². The van der Waals surface area contributed by atoms with E-state index in [1.165, 1.54) is 27.6 Å². The molecule has 4 rings (SSSR count). The number of aromatic amines is 1. The number of benzene rings is 3. The standard InChI is InChI=1S/C23H19N/c1-3-9-18(10-4-1)15-16-20(19-11-5-2-6-12-19)22-17-24-23-14-8-7-13-21(22)23/h1-17,20,24H/b16-15+. The van der Waals surface area contributed by atoms with Crippen molar-refractivity contribution >= 4 is 17.0 Å². The fourth-order valence-electron chi connectivity index (χ4n) is 3.18. The second kappa shape index (κ2) is 6.59. The number of hydrogen-bond donors (Lipinski definition) is 1. The zero-order valence-corrected chi connectivity index (χ0v) is 13.4. The van der Waals surface area contributed by atoms with Gasteiger partial charge in [0, 0.05) is 23.0 Å². The minimum Gasteiger partial charge on any atom is -0.361 e. The summed E-state index contributed by atoms with van der Waals surface area (Å²) in [5.74, 6) is 0.225. The van der Waals surface area contributed by atoms with Gasteiger partial charge < -0.3 is 4.98 Å². The van der Waals surface area contributed by atoms with Gasteiger partial charge in [-0.05, 0) is 22.8 Å². The average Bonchev–Trinajstić information content (AvgIpc) is 3.08. The van der Waals surface area contributed by atoms with Crippen LogP contribution in [0.5, 0.6) is 0 Å². The summed E-state index contributed by atoms with van der Waals surface area (Å²) in [6.45, 7) is 0. The molecular formula is C23H19N. The van der Waals surface area contributed by atoms with Gasteiger partial charge in [0.15, 0.2) is 0 Å². The molecule has 0 saturated carbocycles. The molecule has 3 aromatic carbocycles. The molecule has 1 aromatic heterocycles. The molecule has 0 radical (unpaired) electrons. The van der Waals surface area contributed by atoms with Gasteiger partial charge in [0.1, 0.15) is 0 Å². The zero-order valence-electron chi connectivity index (χ0n) is 13.4. The Balaban J connectivity index is 1.80. The van der Waals surface area contributed by atoms with E-state index >= 15 is 0 Å². The van der Waals surface area contributed by atoms with E-state index in [2.05, 4.69) is 102 Å². The summed E-state index contributed by atoms with van der Waals surface area (Å²) in [5.41, 5.74) is 5.01. The van der Waals surface area contributed by atoms with Crippen LogP contribution in [0.4, 0.5) is 0 Å². The van der Waals surface area contributed by atoms with Crippen LogP contribution in [-0.4, -0.2) is 4.98 Å². The molecule has 0 bridgehead atoms. The van der Waals surface area contributed by atoms with E-state index in [9.17, 15) is 0 Å². The number of hydrogen-bond acceptors (Lipinski definition) is 0. The topological polar surface area (TPSA) is 15.8 Å². The van der Waals surface area contributed by atoms with Crippen molar-refractivity contribution in [3.63, 3.8) is 0 Å². The number of rotatable bonds is 4. The van der Waals surface area contributed by atoms with Gasteiger partial charge in [0.25, 0.3) is 0 Å². The van der Waals surface area contributed by atoms with E-state index in [-0.39, 0.29) is 5.92 Å². The number of H-pyrrole nitrogens is 1. The lowest BCUT2D eigenvalue weighted by molar-refractivity contribution is 1.04. The van der Waals surface area contributed by atoms with Crippen molar-refractivity contribution < 1.29 is 0 Å². The molecule has 1 nitrogen and oxygen atoms in total. The van der Waals surface area contributed by atoms with Crippen molar-refractivity contribution in [3.8, 4) is 0 Å². The minimum absolute atomic E-state index is 0.225. The lowest BCUT2D eigenvalue weighted by Gasteiger charge is -2.13. The van der Waals surface area contributed by atoms with Crippen LogP contribution in [0, 0.1) is 0 Å². The van der Waals surface area contributed by atoms with Crippen LogP contribution in [-0.2, 0) is 0 Å². The summed E-state index contributed by atoms with van der Waals surface area (Å²) in [5, 5.41) is 1.28. The van der Waals surface area contributed by atoms with Gasteiger partial charge in [-0.15, -0.1) is 0 Å². The van der Waals surface area contributed by atoms with E-state index in [0.717, 1.165) is 0 Å². The highest BCUT2D eigenvalue weighted by Gasteiger charge is 2.15. The fourth-order valence-corrected chi connectivity index (χ4v) is 3.18. The highest BCUT2D eigenvalue weighted by molar-refractivity contribution is 5.84. The first kappa shape index (κ1) is 14.5. The largest absolute Gasteiger partial charge is 0.361 e. The first-order chi connectivity index (χ1) is 11.9. The Morgan fingerprint density at radius 3 is 2.17 bits per heavy atom. The van der Waals surface area contributed by atoms with E-state index in [1.807, 2.05) is 6.07 Å². The van der Waals surface area contributed by atoms with Crippen molar-refractivity contribution in [3.05, 3.63) is 114 Å². The van der Waals surface area contributed by atoms with Gasteiger partial charge in [0.2, 0.25) is 0 Å². The smallest absolute Gasteiger partial charge is 0.0457 e. The van der Waals surface area contributed by atoms with Crippen LogP contribution in [0.25, 0.3) is 17.0 Å². The summed E-state index contributed by atoms with van der Waals surface area (Å²) in [6, 6.07) is 29.6. The molecule has 0 amide bonds. The van der Waals surface area contributed by atoms with Crippen molar-refractivity contribution in [2.45, 2.75) is 5.92 Å². The Kier molecular flexibility index (Phi) is 3.99. The first-order valence-electron chi connectivity index (χ1n) is 8.26. The predicted molar refractivity (Wildman–Crippen MR) is 102 cm³/mol. The van der Waals surface area contributed by atoms with Crippen molar-refractivity contribution in [1.29, 1.82) is 0 Å². The van der Waals surface area contributed by atoms with Crippen molar-refractivity contribution in [2.24, 2.45) is 0 Å². The van der Waals surface area contributed by atoms with E-state index in [0.29, 0.717) is 0 Å². The highest BCUT2D eigenvalue weighted by Crippen LogP contribution is 2.32. The summed E-state index contributed by atoms with van der Waals surface area (Å²) < 4.78 is 0. The summed E-state index contributed by atoms with van der Waals surface area (Å²) in [7, 11) is 0. The summed E-state index contributed by atoms with van der Waals surface area (Å²) >= 11 is 0. The normalized spacial score (nSPS) is 12.7. The van der Waals surface area contributed by atoms with Crippen LogP contribution in [0.1, 0.15) is 22.6 Å². The quantitative estimate of drug-likeness (QED) is 0.475. The molecular weight excluding hydrogens is 290 g/mol. The van der Waals surface area contributed by atoms with Gasteiger partial charge in [-0.3, -0.25) is 0 Å². The molecule has 1 unspecified atom stereocenters. The molecule has 1 atom stereocenters. The van der Waals surface area contributed by atoms with Crippen molar-refractivity contribution in [1.82, 2.24) is 4.98 Å². The molecule has 1 heteroatoms. The summed E-state index contributed by atoms with van der Waals surface area (Å²) in [4.78, 5) is 3.40. The average molecular weight is 309 g/mol. The third-order valence-corrected chi connectivity index (χ3v) is 4.40. The molecule has 1 heterocycles. The van der Waals surface area contributed by atoms with Gasteiger partial charge in [-0.25, -0.2) is 0 Å².